The zero-order valence-corrected chi connectivity index (χ0v) is 10.4. The van der Waals surface area contributed by atoms with Gasteiger partial charge >= 0.3 is 0 Å². The van der Waals surface area contributed by atoms with E-state index in [9.17, 15) is 4.79 Å². The monoisotopic (exact) mass is 220 g/mol. The standard InChI is InChI=1S/C13H20N2O/c1-5-15-13(4,12(14)16)11-8-9(2)6-7-10(11)3/h6-8,15H,5H2,1-4H3,(H2,14,16). The molecule has 0 radical (unpaired) electrons. The summed E-state index contributed by atoms with van der Waals surface area (Å²) in [5.41, 5.74) is 7.89. The number of rotatable bonds is 4. The average molecular weight is 220 g/mol. The first kappa shape index (κ1) is 12.7. The fraction of sp³-hybridized carbons (Fsp3) is 0.462. The fourth-order valence-corrected chi connectivity index (χ4v) is 1.94. The molecular formula is C13H20N2O. The number of benzene rings is 1. The molecule has 3 heteroatoms. The minimum absolute atomic E-state index is 0.344. The summed E-state index contributed by atoms with van der Waals surface area (Å²) in [4.78, 5) is 11.6. The quantitative estimate of drug-likeness (QED) is 0.810. The smallest absolute Gasteiger partial charge is 0.242 e. The maximum Gasteiger partial charge on any atom is 0.242 e. The van der Waals surface area contributed by atoms with Gasteiger partial charge in [0.25, 0.3) is 0 Å². The lowest BCUT2D eigenvalue weighted by Gasteiger charge is -2.29. The molecule has 0 spiro atoms. The van der Waals surface area contributed by atoms with Gasteiger partial charge < -0.3 is 11.1 Å². The van der Waals surface area contributed by atoms with E-state index in [1.165, 1.54) is 0 Å². The molecule has 0 saturated heterocycles. The molecular weight excluding hydrogens is 200 g/mol. The topological polar surface area (TPSA) is 55.1 Å². The molecule has 0 bridgehead atoms. The number of aryl methyl sites for hydroxylation is 2. The van der Waals surface area contributed by atoms with Gasteiger partial charge in [0.15, 0.2) is 0 Å². The molecule has 88 valence electrons. The molecule has 0 heterocycles. The molecule has 1 rings (SSSR count). The molecule has 1 atom stereocenters. The van der Waals surface area contributed by atoms with E-state index in [1.807, 2.05) is 45.9 Å². The fourth-order valence-electron chi connectivity index (χ4n) is 1.94. The van der Waals surface area contributed by atoms with Gasteiger partial charge in [-0.25, -0.2) is 0 Å². The molecule has 0 saturated carbocycles. The van der Waals surface area contributed by atoms with Gasteiger partial charge in [-0.05, 0) is 38.4 Å². The van der Waals surface area contributed by atoms with Crippen molar-refractivity contribution in [2.75, 3.05) is 6.54 Å². The molecule has 3 nitrogen and oxygen atoms in total. The van der Waals surface area contributed by atoms with E-state index in [1.54, 1.807) is 0 Å². The molecule has 16 heavy (non-hydrogen) atoms. The number of primary amides is 1. The van der Waals surface area contributed by atoms with Crippen molar-refractivity contribution in [1.82, 2.24) is 5.32 Å². The van der Waals surface area contributed by atoms with Crippen LogP contribution in [-0.4, -0.2) is 12.5 Å². The lowest BCUT2D eigenvalue weighted by Crippen LogP contribution is -2.50. The van der Waals surface area contributed by atoms with Gasteiger partial charge in [0.05, 0.1) is 0 Å². The molecule has 0 fully saturated rings. The minimum Gasteiger partial charge on any atom is -0.368 e. The highest BCUT2D eigenvalue weighted by atomic mass is 16.1. The van der Waals surface area contributed by atoms with Crippen molar-refractivity contribution < 1.29 is 4.79 Å². The number of nitrogens with two attached hydrogens (primary N) is 1. The third kappa shape index (κ3) is 2.25. The van der Waals surface area contributed by atoms with Gasteiger partial charge in [-0.3, -0.25) is 4.79 Å². The number of hydrogen-bond donors (Lipinski definition) is 2. The van der Waals surface area contributed by atoms with Crippen LogP contribution in [0.5, 0.6) is 0 Å². The third-order valence-electron chi connectivity index (χ3n) is 2.95. The molecule has 1 aromatic rings. The van der Waals surface area contributed by atoms with Crippen LogP contribution in [0.3, 0.4) is 0 Å². The average Bonchev–Trinajstić information content (AvgIpc) is 2.21. The molecule has 1 aromatic carbocycles. The Kier molecular flexibility index (Phi) is 3.70. The van der Waals surface area contributed by atoms with Gasteiger partial charge in [0.1, 0.15) is 5.54 Å². The highest BCUT2D eigenvalue weighted by Crippen LogP contribution is 2.24. The summed E-state index contributed by atoms with van der Waals surface area (Å²) in [6, 6.07) is 6.07. The van der Waals surface area contributed by atoms with Crippen LogP contribution in [0.15, 0.2) is 18.2 Å². The van der Waals surface area contributed by atoms with E-state index < -0.39 is 5.54 Å². The zero-order valence-electron chi connectivity index (χ0n) is 10.4. The van der Waals surface area contributed by atoms with Gasteiger partial charge in [-0.15, -0.1) is 0 Å². The van der Waals surface area contributed by atoms with E-state index in [2.05, 4.69) is 5.32 Å². The summed E-state index contributed by atoms with van der Waals surface area (Å²) in [7, 11) is 0. The van der Waals surface area contributed by atoms with Gasteiger partial charge in [0.2, 0.25) is 5.91 Å². The zero-order chi connectivity index (χ0) is 12.3. The van der Waals surface area contributed by atoms with Crippen LogP contribution in [0.1, 0.15) is 30.5 Å². The number of carbonyl (C=O) groups excluding carboxylic acids is 1. The number of likely N-dealkylation sites (N-methyl/N-ethyl adjacent to an activating group) is 1. The predicted octanol–water partition coefficient (Wildman–Crippen LogP) is 1.61. The van der Waals surface area contributed by atoms with Crippen molar-refractivity contribution >= 4 is 5.91 Å². The van der Waals surface area contributed by atoms with Crippen LogP contribution in [0.2, 0.25) is 0 Å². The molecule has 3 N–H and O–H groups in total. The molecule has 0 aliphatic rings. The van der Waals surface area contributed by atoms with Crippen molar-refractivity contribution in [1.29, 1.82) is 0 Å². The Bertz CT molecular complexity index is 401. The maximum absolute atomic E-state index is 11.6. The minimum atomic E-state index is -0.787. The summed E-state index contributed by atoms with van der Waals surface area (Å²) in [5.74, 6) is -0.344. The van der Waals surface area contributed by atoms with E-state index in [-0.39, 0.29) is 5.91 Å². The van der Waals surface area contributed by atoms with E-state index in [0.29, 0.717) is 6.54 Å². The van der Waals surface area contributed by atoms with Crippen molar-refractivity contribution in [3.8, 4) is 0 Å². The van der Waals surface area contributed by atoms with Crippen LogP contribution in [0, 0.1) is 13.8 Å². The maximum atomic E-state index is 11.6. The first-order chi connectivity index (χ1) is 7.41. The third-order valence-corrected chi connectivity index (χ3v) is 2.95. The number of hydrogen-bond acceptors (Lipinski definition) is 2. The lowest BCUT2D eigenvalue weighted by molar-refractivity contribution is -0.124. The Morgan fingerprint density at radius 1 is 1.44 bits per heavy atom. The summed E-state index contributed by atoms with van der Waals surface area (Å²) < 4.78 is 0. The van der Waals surface area contributed by atoms with Crippen LogP contribution in [0.4, 0.5) is 0 Å². The lowest BCUT2D eigenvalue weighted by atomic mass is 9.86. The second-order valence-corrected chi connectivity index (χ2v) is 4.34. The summed E-state index contributed by atoms with van der Waals surface area (Å²) >= 11 is 0. The highest BCUT2D eigenvalue weighted by molar-refractivity contribution is 5.86. The first-order valence-electron chi connectivity index (χ1n) is 5.54. The van der Waals surface area contributed by atoms with Crippen LogP contribution in [0.25, 0.3) is 0 Å². The van der Waals surface area contributed by atoms with Gasteiger partial charge in [-0.2, -0.15) is 0 Å². The second-order valence-electron chi connectivity index (χ2n) is 4.34. The summed E-state index contributed by atoms with van der Waals surface area (Å²) in [6.45, 7) is 8.50. The van der Waals surface area contributed by atoms with E-state index in [4.69, 9.17) is 5.73 Å². The molecule has 0 aromatic heterocycles. The summed E-state index contributed by atoms with van der Waals surface area (Å²) in [5, 5.41) is 3.17. The Morgan fingerprint density at radius 3 is 2.56 bits per heavy atom. The SMILES string of the molecule is CCNC(C)(C(N)=O)c1cc(C)ccc1C. The number of carbonyl (C=O) groups is 1. The normalized spacial score (nSPS) is 14.5. The van der Waals surface area contributed by atoms with Crippen molar-refractivity contribution in [3.63, 3.8) is 0 Å². The van der Waals surface area contributed by atoms with E-state index in [0.717, 1.165) is 16.7 Å². The Balaban J connectivity index is 3.31. The van der Waals surface area contributed by atoms with Crippen LogP contribution < -0.4 is 11.1 Å². The Morgan fingerprint density at radius 2 is 2.06 bits per heavy atom. The van der Waals surface area contributed by atoms with Crippen molar-refractivity contribution in [2.24, 2.45) is 5.73 Å². The van der Waals surface area contributed by atoms with Crippen molar-refractivity contribution in [2.45, 2.75) is 33.2 Å². The molecule has 1 unspecified atom stereocenters. The van der Waals surface area contributed by atoms with Crippen LogP contribution in [-0.2, 0) is 10.3 Å². The highest BCUT2D eigenvalue weighted by Gasteiger charge is 2.33. The summed E-state index contributed by atoms with van der Waals surface area (Å²) in [6.07, 6.45) is 0. The van der Waals surface area contributed by atoms with Crippen LogP contribution >= 0.6 is 0 Å². The number of nitrogens with one attached hydrogen (secondary N) is 1. The van der Waals surface area contributed by atoms with Gasteiger partial charge in [-0.1, -0.05) is 30.7 Å². The molecule has 0 aliphatic heterocycles. The Hall–Kier alpha value is -1.35. The van der Waals surface area contributed by atoms with Gasteiger partial charge in [0, 0.05) is 0 Å². The number of amides is 1. The Labute approximate surface area is 97.0 Å². The van der Waals surface area contributed by atoms with Crippen molar-refractivity contribution in [3.05, 3.63) is 34.9 Å². The van der Waals surface area contributed by atoms with E-state index >= 15 is 0 Å². The molecule has 1 amide bonds. The predicted molar refractivity (Wildman–Crippen MR) is 66.1 cm³/mol. The largest absolute Gasteiger partial charge is 0.368 e. The molecule has 0 aliphatic carbocycles. The first-order valence-corrected chi connectivity index (χ1v) is 5.54. The second kappa shape index (κ2) is 4.66.